The van der Waals surface area contributed by atoms with Gasteiger partial charge >= 0.3 is 6.09 Å². The average Bonchev–Trinajstić information content (AvgIpc) is 2.32. The molecule has 2 rings (SSSR count). The van der Waals surface area contributed by atoms with Crippen LogP contribution < -0.4 is 5.32 Å². The monoisotopic (exact) mass is 304 g/mol. The molecule has 0 aromatic heterocycles. The van der Waals surface area contributed by atoms with Crippen LogP contribution in [0.25, 0.3) is 0 Å². The first kappa shape index (κ1) is 15.7. The molecule has 2 saturated heterocycles. The lowest BCUT2D eigenvalue weighted by molar-refractivity contribution is -0.0712. The summed E-state index contributed by atoms with van der Waals surface area (Å²) in [6.07, 6.45) is 0.622. The lowest BCUT2D eigenvalue weighted by atomic mass is 9.95. The van der Waals surface area contributed by atoms with Crippen LogP contribution in [0.3, 0.4) is 0 Å². The number of rotatable bonds is 0. The molecule has 0 unspecified atom stereocenters. The summed E-state index contributed by atoms with van der Waals surface area (Å²) >= 11 is 0. The molecule has 0 bridgehead atoms. The molecule has 116 valence electrons. The van der Waals surface area contributed by atoms with E-state index in [1.165, 1.54) is 0 Å². The summed E-state index contributed by atoms with van der Waals surface area (Å²) in [5.41, 5.74) is -0.828. The summed E-state index contributed by atoms with van der Waals surface area (Å²) in [5.74, 6) is 0.793. The standard InChI is InChI=1S/C13H24N2O4S/c1-12(2,3)19-11(16)15-20(17)8-4-13(5-9-20)10-14-6-7-18-13/h14H,4-10H2,1-3H3. The highest BCUT2D eigenvalue weighted by Crippen LogP contribution is 2.29. The molecule has 0 aliphatic carbocycles. The average molecular weight is 304 g/mol. The SMILES string of the molecule is CC(C)(C)OC(=O)N=S1(=O)CCC2(CC1)CNCCO2. The van der Waals surface area contributed by atoms with Crippen LogP contribution in [-0.4, -0.2) is 52.7 Å². The van der Waals surface area contributed by atoms with Crippen molar-refractivity contribution in [1.82, 2.24) is 5.32 Å². The van der Waals surface area contributed by atoms with Crippen molar-refractivity contribution in [3.05, 3.63) is 0 Å². The summed E-state index contributed by atoms with van der Waals surface area (Å²) in [6.45, 7) is 7.64. The Morgan fingerprint density at radius 2 is 2.00 bits per heavy atom. The molecule has 2 heterocycles. The van der Waals surface area contributed by atoms with Crippen LogP contribution in [0.4, 0.5) is 4.79 Å². The lowest BCUT2D eigenvalue weighted by Crippen LogP contribution is -2.53. The Morgan fingerprint density at radius 1 is 1.35 bits per heavy atom. The molecule has 0 saturated carbocycles. The molecule has 1 amide bonds. The Labute approximate surface area is 120 Å². The van der Waals surface area contributed by atoms with Gasteiger partial charge in [0.25, 0.3) is 0 Å². The van der Waals surface area contributed by atoms with E-state index >= 15 is 0 Å². The normalized spacial score (nSPS) is 34.8. The third-order valence-corrected chi connectivity index (χ3v) is 5.69. The second kappa shape index (κ2) is 5.61. The number of amides is 1. The van der Waals surface area contributed by atoms with Gasteiger partial charge in [-0.25, -0.2) is 9.00 Å². The Hall–Kier alpha value is -0.660. The number of carbonyl (C=O) groups excluding carboxylic acids is 1. The second-order valence-electron chi connectivity index (χ2n) is 6.46. The fraction of sp³-hybridized carbons (Fsp3) is 0.923. The van der Waals surface area contributed by atoms with Gasteiger partial charge in [-0.3, -0.25) is 0 Å². The molecule has 0 radical (unpaired) electrons. The van der Waals surface area contributed by atoms with E-state index in [-0.39, 0.29) is 5.60 Å². The number of nitrogens with zero attached hydrogens (tertiary/aromatic N) is 1. The number of carbonyl (C=O) groups is 1. The zero-order valence-electron chi connectivity index (χ0n) is 12.4. The van der Waals surface area contributed by atoms with E-state index in [0.717, 1.165) is 13.1 Å². The van der Waals surface area contributed by atoms with E-state index in [9.17, 15) is 9.00 Å². The summed E-state index contributed by atoms with van der Waals surface area (Å²) in [4.78, 5) is 11.7. The van der Waals surface area contributed by atoms with E-state index in [1.54, 1.807) is 20.8 Å². The second-order valence-corrected chi connectivity index (χ2v) is 9.00. The molecule has 2 fully saturated rings. The third-order valence-electron chi connectivity index (χ3n) is 3.52. The van der Waals surface area contributed by atoms with Crippen molar-refractivity contribution >= 4 is 15.8 Å². The van der Waals surface area contributed by atoms with Crippen molar-refractivity contribution in [2.45, 2.75) is 44.8 Å². The smallest absolute Gasteiger partial charge is 0.442 e. The Bertz CT molecular complexity index is 467. The van der Waals surface area contributed by atoms with Gasteiger partial charge in [-0.2, -0.15) is 0 Å². The Morgan fingerprint density at radius 3 is 2.50 bits per heavy atom. The molecular formula is C13H24N2O4S. The fourth-order valence-electron chi connectivity index (χ4n) is 2.45. The maximum Gasteiger partial charge on any atom is 0.442 e. The van der Waals surface area contributed by atoms with E-state index in [2.05, 4.69) is 9.68 Å². The van der Waals surface area contributed by atoms with Crippen LogP contribution in [0.15, 0.2) is 4.36 Å². The van der Waals surface area contributed by atoms with Crippen LogP contribution in [0.5, 0.6) is 0 Å². The van der Waals surface area contributed by atoms with Gasteiger partial charge in [-0.1, -0.05) is 0 Å². The largest absolute Gasteiger partial charge is 0.442 e. The highest BCUT2D eigenvalue weighted by molar-refractivity contribution is 7.93. The minimum atomic E-state index is -2.49. The van der Waals surface area contributed by atoms with E-state index in [4.69, 9.17) is 9.47 Å². The summed E-state index contributed by atoms with van der Waals surface area (Å²) in [5, 5.41) is 3.30. The maximum absolute atomic E-state index is 12.6. The minimum absolute atomic E-state index is 0.220. The number of ether oxygens (including phenoxy) is 2. The number of nitrogens with one attached hydrogen (secondary N) is 1. The molecule has 0 aromatic carbocycles. The van der Waals surface area contributed by atoms with Gasteiger partial charge in [0.05, 0.1) is 21.9 Å². The van der Waals surface area contributed by atoms with Gasteiger partial charge in [0.2, 0.25) is 0 Å². The van der Waals surface area contributed by atoms with E-state index < -0.39 is 21.4 Å². The zero-order valence-corrected chi connectivity index (χ0v) is 13.3. The van der Waals surface area contributed by atoms with Crippen LogP contribution >= 0.6 is 0 Å². The van der Waals surface area contributed by atoms with Crippen molar-refractivity contribution in [3.8, 4) is 0 Å². The van der Waals surface area contributed by atoms with Gasteiger partial charge < -0.3 is 14.8 Å². The van der Waals surface area contributed by atoms with Crippen molar-refractivity contribution in [2.75, 3.05) is 31.2 Å². The summed E-state index contributed by atoms with van der Waals surface area (Å²) in [6, 6.07) is 0. The van der Waals surface area contributed by atoms with Crippen LogP contribution in [0.2, 0.25) is 0 Å². The van der Waals surface area contributed by atoms with Crippen molar-refractivity contribution < 1.29 is 18.5 Å². The summed E-state index contributed by atoms with van der Waals surface area (Å²) in [7, 11) is -2.49. The number of hydrogen-bond acceptors (Lipinski definition) is 5. The molecular weight excluding hydrogens is 280 g/mol. The van der Waals surface area contributed by atoms with Crippen LogP contribution in [0.1, 0.15) is 33.6 Å². The predicted molar refractivity (Wildman–Crippen MR) is 77.3 cm³/mol. The maximum atomic E-state index is 12.6. The van der Waals surface area contributed by atoms with Crippen molar-refractivity contribution in [1.29, 1.82) is 0 Å². The first-order chi connectivity index (χ1) is 9.22. The molecule has 0 atom stereocenters. The quantitative estimate of drug-likeness (QED) is 0.734. The molecule has 0 aromatic rings. The number of morpholine rings is 1. The Kier molecular flexibility index (Phi) is 4.41. The lowest BCUT2D eigenvalue weighted by Gasteiger charge is -2.41. The van der Waals surface area contributed by atoms with Gasteiger partial charge in [-0.05, 0) is 33.6 Å². The molecule has 20 heavy (non-hydrogen) atoms. The number of hydrogen-bond donors (Lipinski definition) is 1. The van der Waals surface area contributed by atoms with E-state index in [0.29, 0.717) is 31.0 Å². The Balaban J connectivity index is 2.00. The first-order valence-corrected chi connectivity index (χ1v) is 8.88. The summed E-state index contributed by atoms with van der Waals surface area (Å²) < 4.78 is 27.4. The topological polar surface area (TPSA) is 77.0 Å². The molecule has 2 aliphatic heterocycles. The molecule has 1 N–H and O–H groups in total. The molecule has 7 heteroatoms. The highest BCUT2D eigenvalue weighted by Gasteiger charge is 2.39. The first-order valence-electron chi connectivity index (χ1n) is 7.02. The van der Waals surface area contributed by atoms with Gasteiger partial charge in [0, 0.05) is 24.6 Å². The predicted octanol–water partition coefficient (Wildman–Crippen LogP) is 1.54. The highest BCUT2D eigenvalue weighted by atomic mass is 32.2. The van der Waals surface area contributed by atoms with Gasteiger partial charge in [0.15, 0.2) is 0 Å². The van der Waals surface area contributed by atoms with Crippen molar-refractivity contribution in [3.63, 3.8) is 0 Å². The molecule has 2 aliphatic rings. The minimum Gasteiger partial charge on any atom is -0.442 e. The van der Waals surface area contributed by atoms with Crippen LogP contribution in [-0.2, 0) is 19.2 Å². The van der Waals surface area contributed by atoms with Crippen LogP contribution in [0, 0.1) is 0 Å². The molecule has 6 nitrogen and oxygen atoms in total. The van der Waals surface area contributed by atoms with Crippen molar-refractivity contribution in [2.24, 2.45) is 4.36 Å². The van der Waals surface area contributed by atoms with Gasteiger partial charge in [-0.15, -0.1) is 4.36 Å². The molecule has 1 spiro atoms. The fourth-order valence-corrected chi connectivity index (χ4v) is 4.53. The zero-order chi connectivity index (χ0) is 14.9. The third kappa shape index (κ3) is 4.17. The van der Waals surface area contributed by atoms with Gasteiger partial charge in [0.1, 0.15) is 5.60 Å². The van der Waals surface area contributed by atoms with E-state index in [1.807, 2.05) is 0 Å².